The molecule has 0 radical (unpaired) electrons. The highest BCUT2D eigenvalue weighted by Gasteiger charge is 2.17. The lowest BCUT2D eigenvalue weighted by Crippen LogP contribution is -2.34. The summed E-state index contributed by atoms with van der Waals surface area (Å²) in [6, 6.07) is 4.30. The average molecular weight is 264 g/mol. The molecule has 2 aromatic heterocycles. The van der Waals surface area contributed by atoms with Crippen molar-refractivity contribution in [3.05, 3.63) is 30.2 Å². The number of carbonyl (C=O) groups excluding carboxylic acids is 1. The Morgan fingerprint density at radius 1 is 1.47 bits per heavy atom. The molecule has 0 aliphatic rings. The molecule has 2 aromatic rings. The fraction of sp³-hybridized carbons (Fsp3) is 0.250. The van der Waals surface area contributed by atoms with Crippen LogP contribution < -0.4 is 5.32 Å². The summed E-state index contributed by atoms with van der Waals surface area (Å²) in [5, 5.41) is 14.7. The molecule has 0 bridgehead atoms. The number of carbonyl (C=O) groups is 2. The number of rotatable bonds is 5. The maximum atomic E-state index is 11.8. The van der Waals surface area contributed by atoms with Crippen LogP contribution in [0.25, 0.3) is 11.5 Å². The molecule has 7 heteroatoms. The van der Waals surface area contributed by atoms with Gasteiger partial charge in [0.25, 0.3) is 5.91 Å². The Labute approximate surface area is 108 Å². The van der Waals surface area contributed by atoms with E-state index in [0.29, 0.717) is 11.5 Å². The summed E-state index contributed by atoms with van der Waals surface area (Å²) < 4.78 is 10.1. The number of carboxylic acid groups (broad SMARTS) is 1. The van der Waals surface area contributed by atoms with Gasteiger partial charge in [0.2, 0.25) is 5.76 Å². The van der Waals surface area contributed by atoms with Gasteiger partial charge in [0.15, 0.2) is 11.5 Å². The monoisotopic (exact) mass is 264 g/mol. The maximum absolute atomic E-state index is 11.8. The van der Waals surface area contributed by atoms with E-state index in [1.54, 1.807) is 19.1 Å². The third kappa shape index (κ3) is 3.21. The highest BCUT2D eigenvalue weighted by atomic mass is 16.5. The summed E-state index contributed by atoms with van der Waals surface area (Å²) in [6.45, 7) is 1.60. The van der Waals surface area contributed by atoms with Crippen molar-refractivity contribution in [2.45, 2.75) is 19.4 Å². The normalized spacial score (nSPS) is 12.1. The van der Waals surface area contributed by atoms with Crippen molar-refractivity contribution in [3.63, 3.8) is 0 Å². The van der Waals surface area contributed by atoms with Crippen LogP contribution >= 0.6 is 0 Å². The van der Waals surface area contributed by atoms with Gasteiger partial charge in [-0.15, -0.1) is 0 Å². The number of nitrogens with one attached hydrogen (secondary N) is 1. The standard InChI is InChI=1S/C12H12N2O5/c1-7(5-11(15)16)13-12(17)8-6-10(19-14-8)9-3-2-4-18-9/h2-4,6-7H,5H2,1H3,(H,13,17)(H,15,16). The number of amides is 1. The Morgan fingerprint density at radius 3 is 2.89 bits per heavy atom. The average Bonchev–Trinajstić information content (AvgIpc) is 2.99. The number of nitrogens with zero attached hydrogens (tertiary/aromatic N) is 1. The first kappa shape index (κ1) is 12.9. The highest BCUT2D eigenvalue weighted by molar-refractivity contribution is 5.93. The molecule has 19 heavy (non-hydrogen) atoms. The number of aliphatic carboxylic acids is 1. The predicted molar refractivity (Wildman–Crippen MR) is 63.4 cm³/mol. The van der Waals surface area contributed by atoms with Crippen molar-refractivity contribution in [1.29, 1.82) is 0 Å². The van der Waals surface area contributed by atoms with Gasteiger partial charge in [-0.2, -0.15) is 0 Å². The van der Waals surface area contributed by atoms with Crippen LogP contribution in [0.15, 0.2) is 33.4 Å². The summed E-state index contributed by atoms with van der Waals surface area (Å²) in [4.78, 5) is 22.3. The van der Waals surface area contributed by atoms with Crippen LogP contribution in [0.3, 0.4) is 0 Å². The fourth-order valence-corrected chi connectivity index (χ4v) is 1.53. The van der Waals surface area contributed by atoms with Crippen molar-refractivity contribution in [1.82, 2.24) is 10.5 Å². The van der Waals surface area contributed by atoms with Crippen molar-refractivity contribution in [2.75, 3.05) is 0 Å². The summed E-state index contributed by atoms with van der Waals surface area (Å²) >= 11 is 0. The molecule has 2 heterocycles. The van der Waals surface area contributed by atoms with E-state index < -0.39 is 17.9 Å². The number of hydrogen-bond donors (Lipinski definition) is 2. The van der Waals surface area contributed by atoms with E-state index in [0.717, 1.165) is 0 Å². The molecule has 7 nitrogen and oxygen atoms in total. The van der Waals surface area contributed by atoms with E-state index in [1.807, 2.05) is 0 Å². The molecule has 1 amide bonds. The van der Waals surface area contributed by atoms with Crippen LogP contribution in [0.5, 0.6) is 0 Å². The zero-order chi connectivity index (χ0) is 13.8. The summed E-state index contributed by atoms with van der Waals surface area (Å²) in [7, 11) is 0. The Bertz CT molecular complexity index is 573. The van der Waals surface area contributed by atoms with E-state index in [4.69, 9.17) is 14.0 Å². The highest BCUT2D eigenvalue weighted by Crippen LogP contribution is 2.20. The second-order valence-corrected chi connectivity index (χ2v) is 4.03. The SMILES string of the molecule is CC(CC(=O)O)NC(=O)c1cc(-c2ccco2)on1. The van der Waals surface area contributed by atoms with Gasteiger partial charge in [-0.3, -0.25) is 9.59 Å². The molecular weight excluding hydrogens is 252 g/mol. The maximum Gasteiger partial charge on any atom is 0.305 e. The zero-order valence-electron chi connectivity index (χ0n) is 10.1. The molecule has 0 saturated heterocycles. The fourth-order valence-electron chi connectivity index (χ4n) is 1.53. The van der Waals surface area contributed by atoms with E-state index >= 15 is 0 Å². The predicted octanol–water partition coefficient (Wildman–Crippen LogP) is 1.53. The van der Waals surface area contributed by atoms with Gasteiger partial charge in [-0.05, 0) is 19.1 Å². The molecule has 0 aromatic carbocycles. The van der Waals surface area contributed by atoms with Crippen LogP contribution in [-0.2, 0) is 4.79 Å². The molecule has 0 aliphatic heterocycles. The van der Waals surface area contributed by atoms with Gasteiger partial charge in [0.05, 0.1) is 12.7 Å². The summed E-state index contributed by atoms with van der Waals surface area (Å²) in [6.07, 6.45) is 1.32. The number of furan rings is 1. The number of carboxylic acids is 1. The Hall–Kier alpha value is -2.57. The third-order valence-electron chi connectivity index (χ3n) is 2.37. The lowest BCUT2D eigenvalue weighted by molar-refractivity contribution is -0.137. The summed E-state index contributed by atoms with van der Waals surface area (Å²) in [5.74, 6) is -0.675. The van der Waals surface area contributed by atoms with Gasteiger partial charge < -0.3 is 19.4 Å². The van der Waals surface area contributed by atoms with E-state index in [-0.39, 0.29) is 12.1 Å². The molecule has 0 saturated carbocycles. The van der Waals surface area contributed by atoms with Gasteiger partial charge in [0.1, 0.15) is 0 Å². The molecule has 1 atom stereocenters. The van der Waals surface area contributed by atoms with Gasteiger partial charge in [-0.1, -0.05) is 5.16 Å². The van der Waals surface area contributed by atoms with Crippen molar-refractivity contribution < 1.29 is 23.6 Å². The van der Waals surface area contributed by atoms with Gasteiger partial charge in [0, 0.05) is 12.1 Å². The Balaban J connectivity index is 2.02. The lowest BCUT2D eigenvalue weighted by Gasteiger charge is -2.09. The van der Waals surface area contributed by atoms with Crippen molar-refractivity contribution in [2.24, 2.45) is 0 Å². The minimum Gasteiger partial charge on any atom is -0.481 e. The van der Waals surface area contributed by atoms with E-state index in [2.05, 4.69) is 10.5 Å². The zero-order valence-corrected chi connectivity index (χ0v) is 10.1. The van der Waals surface area contributed by atoms with Gasteiger partial charge >= 0.3 is 5.97 Å². The number of hydrogen-bond acceptors (Lipinski definition) is 5. The second-order valence-electron chi connectivity index (χ2n) is 4.03. The molecule has 2 N–H and O–H groups in total. The molecule has 100 valence electrons. The van der Waals surface area contributed by atoms with Crippen LogP contribution in [0, 0.1) is 0 Å². The quantitative estimate of drug-likeness (QED) is 0.848. The second kappa shape index (κ2) is 5.38. The molecule has 0 fully saturated rings. The molecule has 2 rings (SSSR count). The first-order chi connectivity index (χ1) is 9.06. The lowest BCUT2D eigenvalue weighted by atomic mass is 10.2. The minimum absolute atomic E-state index is 0.0728. The molecule has 1 unspecified atom stereocenters. The topological polar surface area (TPSA) is 106 Å². The van der Waals surface area contributed by atoms with Crippen LogP contribution in [0.2, 0.25) is 0 Å². The van der Waals surface area contributed by atoms with Crippen LogP contribution in [0.4, 0.5) is 0 Å². The van der Waals surface area contributed by atoms with Crippen molar-refractivity contribution in [3.8, 4) is 11.5 Å². The Kier molecular flexibility index (Phi) is 3.65. The van der Waals surface area contributed by atoms with Crippen LogP contribution in [0.1, 0.15) is 23.8 Å². The third-order valence-corrected chi connectivity index (χ3v) is 2.37. The first-order valence-electron chi connectivity index (χ1n) is 5.59. The molecule has 0 aliphatic carbocycles. The Morgan fingerprint density at radius 2 is 2.26 bits per heavy atom. The molecule has 0 spiro atoms. The molecular formula is C12H12N2O5. The van der Waals surface area contributed by atoms with Crippen LogP contribution in [-0.4, -0.2) is 28.2 Å². The smallest absolute Gasteiger partial charge is 0.305 e. The number of aromatic nitrogens is 1. The van der Waals surface area contributed by atoms with Gasteiger partial charge in [-0.25, -0.2) is 0 Å². The van der Waals surface area contributed by atoms with E-state index in [1.165, 1.54) is 12.3 Å². The van der Waals surface area contributed by atoms with E-state index in [9.17, 15) is 9.59 Å². The first-order valence-corrected chi connectivity index (χ1v) is 5.59. The van der Waals surface area contributed by atoms with Crippen molar-refractivity contribution >= 4 is 11.9 Å². The minimum atomic E-state index is -0.982. The largest absolute Gasteiger partial charge is 0.481 e. The summed E-state index contributed by atoms with van der Waals surface area (Å²) in [5.41, 5.74) is 0.0728.